The van der Waals surface area contributed by atoms with Crippen molar-refractivity contribution in [2.45, 2.75) is 32.5 Å². The van der Waals surface area contributed by atoms with Crippen molar-refractivity contribution in [1.29, 1.82) is 0 Å². The van der Waals surface area contributed by atoms with Crippen molar-refractivity contribution < 1.29 is 18.0 Å². The summed E-state index contributed by atoms with van der Waals surface area (Å²) in [6.07, 6.45) is -3.30. The molecule has 1 aromatic heterocycles. The van der Waals surface area contributed by atoms with E-state index in [0.717, 1.165) is 29.1 Å². The number of carbonyl (C=O) groups is 1. The van der Waals surface area contributed by atoms with Gasteiger partial charge in [-0.15, -0.1) is 10.2 Å². The number of hydrogen-bond donors (Lipinski definition) is 1. The number of benzene rings is 1. The highest BCUT2D eigenvalue weighted by Crippen LogP contribution is 2.29. The summed E-state index contributed by atoms with van der Waals surface area (Å²) >= 11 is 1.34. The highest BCUT2D eigenvalue weighted by molar-refractivity contribution is 7.15. The molecule has 9 heteroatoms. The van der Waals surface area contributed by atoms with Crippen LogP contribution in [0.3, 0.4) is 0 Å². The van der Waals surface area contributed by atoms with E-state index in [-0.39, 0.29) is 12.3 Å². The molecule has 1 heterocycles. The van der Waals surface area contributed by atoms with E-state index in [2.05, 4.69) is 15.5 Å². The average Bonchev–Trinajstić information content (AvgIpc) is 3.00. The summed E-state index contributed by atoms with van der Waals surface area (Å²) in [5.74, 6) is -0.168. The van der Waals surface area contributed by atoms with Gasteiger partial charge in [0.2, 0.25) is 11.0 Å². The summed E-state index contributed by atoms with van der Waals surface area (Å²) in [6.45, 7) is 2.90. The van der Waals surface area contributed by atoms with Crippen LogP contribution in [0, 0.1) is 0 Å². The molecule has 25 heavy (non-hydrogen) atoms. The van der Waals surface area contributed by atoms with Crippen molar-refractivity contribution in [3.63, 3.8) is 0 Å². The minimum atomic E-state index is -4.33. The Hall–Kier alpha value is -2.00. The summed E-state index contributed by atoms with van der Waals surface area (Å²) < 4.78 is 37.6. The van der Waals surface area contributed by atoms with Crippen molar-refractivity contribution in [1.82, 2.24) is 15.1 Å². The van der Waals surface area contributed by atoms with E-state index in [1.54, 1.807) is 0 Å². The summed E-state index contributed by atoms with van der Waals surface area (Å²) in [6, 6.07) is 5.03. The average molecular weight is 372 g/mol. The number of hydrogen-bond acceptors (Lipinski definition) is 5. The molecule has 0 spiro atoms. The lowest BCUT2D eigenvalue weighted by Crippen LogP contribution is -2.24. The number of alkyl halides is 3. The van der Waals surface area contributed by atoms with Crippen molar-refractivity contribution in [3.8, 4) is 0 Å². The van der Waals surface area contributed by atoms with E-state index in [1.165, 1.54) is 23.5 Å². The maximum absolute atomic E-state index is 12.5. The van der Waals surface area contributed by atoms with Crippen LogP contribution in [0.2, 0.25) is 0 Å². The second-order valence-electron chi connectivity index (χ2n) is 5.59. The molecule has 136 valence electrons. The number of aromatic nitrogens is 2. The van der Waals surface area contributed by atoms with Gasteiger partial charge in [-0.3, -0.25) is 4.79 Å². The third-order valence-corrected chi connectivity index (χ3v) is 4.45. The van der Waals surface area contributed by atoms with Crippen molar-refractivity contribution in [2.75, 3.05) is 18.9 Å². The highest BCUT2D eigenvalue weighted by atomic mass is 32.1. The number of nitrogens with one attached hydrogen (secondary N) is 1. The van der Waals surface area contributed by atoms with Gasteiger partial charge in [0, 0.05) is 19.5 Å². The maximum Gasteiger partial charge on any atom is 0.416 e. The fourth-order valence-electron chi connectivity index (χ4n) is 2.11. The normalized spacial score (nSPS) is 11.8. The molecule has 0 aliphatic rings. The Morgan fingerprint density at radius 1 is 1.24 bits per heavy atom. The van der Waals surface area contributed by atoms with Gasteiger partial charge in [0.05, 0.1) is 5.56 Å². The van der Waals surface area contributed by atoms with E-state index in [4.69, 9.17) is 0 Å². The lowest BCUT2D eigenvalue weighted by molar-refractivity contribution is -0.137. The number of anilines is 1. The van der Waals surface area contributed by atoms with Crippen LogP contribution in [0.5, 0.6) is 0 Å². The van der Waals surface area contributed by atoms with Crippen molar-refractivity contribution >= 4 is 22.4 Å². The van der Waals surface area contributed by atoms with E-state index in [0.29, 0.717) is 18.2 Å². The number of rotatable bonds is 7. The summed E-state index contributed by atoms with van der Waals surface area (Å²) in [7, 11) is 1.81. The number of amides is 1. The fourth-order valence-corrected chi connectivity index (χ4v) is 2.81. The minimum Gasteiger partial charge on any atom is -0.302 e. The van der Waals surface area contributed by atoms with Gasteiger partial charge in [0.15, 0.2) is 0 Å². The molecule has 1 amide bonds. The van der Waals surface area contributed by atoms with E-state index < -0.39 is 11.7 Å². The first-order valence-electron chi connectivity index (χ1n) is 7.75. The molecule has 2 rings (SSSR count). The largest absolute Gasteiger partial charge is 0.416 e. The zero-order valence-electron chi connectivity index (χ0n) is 13.9. The van der Waals surface area contributed by atoms with Crippen LogP contribution >= 0.6 is 11.3 Å². The zero-order valence-corrected chi connectivity index (χ0v) is 14.7. The van der Waals surface area contributed by atoms with Gasteiger partial charge in [-0.05, 0) is 31.2 Å². The minimum absolute atomic E-state index is 0.168. The zero-order chi connectivity index (χ0) is 18.4. The summed E-state index contributed by atoms with van der Waals surface area (Å²) in [5, 5.41) is 11.8. The van der Waals surface area contributed by atoms with E-state index in [1.807, 2.05) is 18.9 Å². The molecule has 2 aromatic rings. The number of aryl methyl sites for hydroxylation is 1. The van der Waals surface area contributed by atoms with Gasteiger partial charge in [-0.1, -0.05) is 30.4 Å². The predicted molar refractivity (Wildman–Crippen MR) is 90.3 cm³/mol. The Balaban J connectivity index is 1.78. The smallest absolute Gasteiger partial charge is 0.302 e. The van der Waals surface area contributed by atoms with Crippen LogP contribution in [-0.2, 0) is 23.9 Å². The molecule has 0 fully saturated rings. The third kappa shape index (κ3) is 6.09. The second kappa shape index (κ2) is 8.39. The third-order valence-electron chi connectivity index (χ3n) is 3.47. The molecule has 0 saturated heterocycles. The van der Waals surface area contributed by atoms with E-state index in [9.17, 15) is 18.0 Å². The quantitative estimate of drug-likeness (QED) is 0.807. The Morgan fingerprint density at radius 3 is 2.48 bits per heavy atom. The van der Waals surface area contributed by atoms with Crippen molar-refractivity contribution in [2.24, 2.45) is 0 Å². The molecule has 1 aromatic carbocycles. The fraction of sp³-hybridized carbons (Fsp3) is 0.438. The van der Waals surface area contributed by atoms with Crippen LogP contribution in [0.4, 0.5) is 18.3 Å². The van der Waals surface area contributed by atoms with Crippen LogP contribution in [0.25, 0.3) is 0 Å². The van der Waals surface area contributed by atoms with Gasteiger partial charge in [-0.25, -0.2) is 0 Å². The SMILES string of the molecule is CCc1nnc(NC(=O)CCN(C)Cc2ccc(C(F)(F)F)cc2)s1. The predicted octanol–water partition coefficient (Wildman–Crippen LogP) is 3.58. The van der Waals surface area contributed by atoms with Crippen LogP contribution in [0.15, 0.2) is 24.3 Å². The molecular formula is C16H19F3N4OS. The van der Waals surface area contributed by atoms with Crippen LogP contribution in [0.1, 0.15) is 29.5 Å². The number of halogens is 3. The Bertz CT molecular complexity index is 700. The Morgan fingerprint density at radius 2 is 1.92 bits per heavy atom. The van der Waals surface area contributed by atoms with Crippen molar-refractivity contribution in [3.05, 3.63) is 40.4 Å². The molecule has 1 N–H and O–H groups in total. The first-order valence-corrected chi connectivity index (χ1v) is 8.56. The first kappa shape index (κ1) is 19.3. The monoisotopic (exact) mass is 372 g/mol. The number of carbonyl (C=O) groups excluding carboxylic acids is 1. The Labute approximate surface area is 147 Å². The number of nitrogens with zero attached hydrogens (tertiary/aromatic N) is 3. The van der Waals surface area contributed by atoms with E-state index >= 15 is 0 Å². The van der Waals surface area contributed by atoms with Crippen LogP contribution in [-0.4, -0.2) is 34.6 Å². The van der Waals surface area contributed by atoms with Gasteiger partial charge in [0.1, 0.15) is 5.01 Å². The molecule has 5 nitrogen and oxygen atoms in total. The van der Waals surface area contributed by atoms with Crippen LogP contribution < -0.4 is 5.32 Å². The molecular weight excluding hydrogens is 353 g/mol. The molecule has 0 aliphatic heterocycles. The van der Waals surface area contributed by atoms with Gasteiger partial charge in [-0.2, -0.15) is 13.2 Å². The lowest BCUT2D eigenvalue weighted by Gasteiger charge is -2.16. The molecule has 0 radical (unpaired) electrons. The molecule has 0 aliphatic carbocycles. The molecule has 0 saturated carbocycles. The van der Waals surface area contributed by atoms with Gasteiger partial charge >= 0.3 is 6.18 Å². The molecule has 0 bridgehead atoms. The first-order chi connectivity index (χ1) is 11.8. The Kier molecular flexibility index (Phi) is 6.49. The highest BCUT2D eigenvalue weighted by Gasteiger charge is 2.29. The maximum atomic E-state index is 12.5. The lowest BCUT2D eigenvalue weighted by atomic mass is 10.1. The van der Waals surface area contributed by atoms with Gasteiger partial charge < -0.3 is 10.2 Å². The standard InChI is InChI=1S/C16H19F3N4OS/c1-3-14-21-22-15(25-14)20-13(24)8-9-23(2)10-11-4-6-12(7-5-11)16(17,18)19/h4-7H,3,8-10H2,1-2H3,(H,20,22,24). The molecule has 0 atom stereocenters. The van der Waals surface area contributed by atoms with Gasteiger partial charge in [0.25, 0.3) is 0 Å². The topological polar surface area (TPSA) is 58.1 Å². The second-order valence-corrected chi connectivity index (χ2v) is 6.65. The summed E-state index contributed by atoms with van der Waals surface area (Å²) in [4.78, 5) is 13.8. The molecule has 0 unspecified atom stereocenters. The summed E-state index contributed by atoms with van der Waals surface area (Å²) in [5.41, 5.74) is 0.0920.